The summed E-state index contributed by atoms with van der Waals surface area (Å²) in [7, 11) is 0. The fourth-order valence-corrected chi connectivity index (χ4v) is 3.21. The van der Waals surface area contributed by atoms with Gasteiger partial charge in [-0.25, -0.2) is 0 Å². The van der Waals surface area contributed by atoms with Crippen LogP contribution in [-0.4, -0.2) is 5.91 Å². The first-order valence-electron chi connectivity index (χ1n) is 9.73. The minimum absolute atomic E-state index is 0.125. The van der Waals surface area contributed by atoms with Gasteiger partial charge in [0.2, 0.25) is 5.91 Å². The molecule has 0 radical (unpaired) electrons. The topological polar surface area (TPSA) is 29.1 Å². The standard InChI is InChI=1S/C21H34ClNO/c1-3-5-7-8-9-10-11-14-18(13-6-4-2)21(24)23-20-16-12-15-19(22)17-20/h12,15-18H,3-11,13-14H2,1-2H3,(H,23,24). The van der Waals surface area contributed by atoms with Crippen LogP contribution in [0.15, 0.2) is 24.3 Å². The molecule has 3 heteroatoms. The first kappa shape index (κ1) is 21.0. The lowest BCUT2D eigenvalue weighted by Crippen LogP contribution is -2.23. The van der Waals surface area contributed by atoms with Crippen molar-refractivity contribution in [2.45, 2.75) is 84.5 Å². The fraction of sp³-hybridized carbons (Fsp3) is 0.667. The van der Waals surface area contributed by atoms with Gasteiger partial charge >= 0.3 is 0 Å². The van der Waals surface area contributed by atoms with E-state index in [-0.39, 0.29) is 11.8 Å². The molecular formula is C21H34ClNO. The van der Waals surface area contributed by atoms with Gasteiger partial charge in [0.25, 0.3) is 0 Å². The van der Waals surface area contributed by atoms with Crippen molar-refractivity contribution in [1.29, 1.82) is 0 Å². The molecule has 1 atom stereocenters. The van der Waals surface area contributed by atoms with E-state index >= 15 is 0 Å². The van der Waals surface area contributed by atoms with E-state index in [1.54, 1.807) is 0 Å². The molecule has 24 heavy (non-hydrogen) atoms. The van der Waals surface area contributed by atoms with Crippen molar-refractivity contribution in [3.05, 3.63) is 29.3 Å². The Hall–Kier alpha value is -1.02. The summed E-state index contributed by atoms with van der Waals surface area (Å²) in [6.45, 7) is 4.43. The Kier molecular flexibility index (Phi) is 11.6. The molecule has 1 N–H and O–H groups in total. The molecule has 0 aliphatic heterocycles. The number of hydrogen-bond acceptors (Lipinski definition) is 1. The van der Waals surface area contributed by atoms with E-state index in [0.717, 1.165) is 37.8 Å². The van der Waals surface area contributed by atoms with E-state index in [0.29, 0.717) is 5.02 Å². The smallest absolute Gasteiger partial charge is 0.227 e. The zero-order chi connectivity index (χ0) is 17.6. The number of unbranched alkanes of at least 4 members (excludes halogenated alkanes) is 7. The molecule has 0 fully saturated rings. The van der Waals surface area contributed by atoms with Gasteiger partial charge < -0.3 is 5.32 Å². The van der Waals surface area contributed by atoms with Crippen molar-refractivity contribution in [3.8, 4) is 0 Å². The minimum atomic E-state index is 0.125. The van der Waals surface area contributed by atoms with Crippen molar-refractivity contribution in [2.24, 2.45) is 5.92 Å². The fourth-order valence-electron chi connectivity index (χ4n) is 3.02. The van der Waals surface area contributed by atoms with Gasteiger partial charge in [0.05, 0.1) is 0 Å². The van der Waals surface area contributed by atoms with Crippen LogP contribution < -0.4 is 5.32 Å². The average molecular weight is 352 g/mol. The summed E-state index contributed by atoms with van der Waals surface area (Å²) in [6, 6.07) is 7.40. The number of carbonyl (C=O) groups excluding carboxylic acids is 1. The lowest BCUT2D eigenvalue weighted by molar-refractivity contribution is -0.120. The predicted octanol–water partition coefficient (Wildman–Crippen LogP) is 7.23. The summed E-state index contributed by atoms with van der Waals surface area (Å²) in [6.07, 6.45) is 13.3. The van der Waals surface area contributed by atoms with Crippen molar-refractivity contribution in [2.75, 3.05) is 5.32 Å². The molecule has 0 bridgehead atoms. The van der Waals surface area contributed by atoms with Gasteiger partial charge in [0.1, 0.15) is 0 Å². The molecule has 0 saturated heterocycles. The maximum Gasteiger partial charge on any atom is 0.227 e. The zero-order valence-corrected chi connectivity index (χ0v) is 16.2. The molecule has 2 nitrogen and oxygen atoms in total. The van der Waals surface area contributed by atoms with E-state index in [2.05, 4.69) is 19.2 Å². The highest BCUT2D eigenvalue weighted by atomic mass is 35.5. The highest BCUT2D eigenvalue weighted by Crippen LogP contribution is 2.21. The molecule has 0 saturated carbocycles. The second-order valence-electron chi connectivity index (χ2n) is 6.75. The molecular weight excluding hydrogens is 318 g/mol. The predicted molar refractivity (Wildman–Crippen MR) is 106 cm³/mol. The maximum atomic E-state index is 12.6. The van der Waals surface area contributed by atoms with E-state index in [4.69, 9.17) is 11.6 Å². The second-order valence-corrected chi connectivity index (χ2v) is 7.19. The molecule has 0 aromatic heterocycles. The Balaban J connectivity index is 2.38. The summed E-state index contributed by atoms with van der Waals surface area (Å²) in [5.41, 5.74) is 0.800. The second kappa shape index (κ2) is 13.3. The van der Waals surface area contributed by atoms with Crippen molar-refractivity contribution < 1.29 is 4.79 Å². The highest BCUT2D eigenvalue weighted by molar-refractivity contribution is 6.30. The van der Waals surface area contributed by atoms with Crippen LogP contribution in [0.2, 0.25) is 5.02 Å². The Morgan fingerprint density at radius 1 is 0.958 bits per heavy atom. The molecule has 0 heterocycles. The largest absolute Gasteiger partial charge is 0.326 e. The van der Waals surface area contributed by atoms with Crippen LogP contribution in [0.5, 0.6) is 0 Å². The normalized spacial score (nSPS) is 12.1. The van der Waals surface area contributed by atoms with E-state index in [1.165, 1.54) is 38.5 Å². The third-order valence-corrected chi connectivity index (χ3v) is 4.76. The van der Waals surface area contributed by atoms with Crippen molar-refractivity contribution in [1.82, 2.24) is 0 Å². The number of nitrogens with one attached hydrogen (secondary N) is 1. The van der Waals surface area contributed by atoms with Gasteiger partial charge in [-0.1, -0.05) is 89.3 Å². The molecule has 1 aromatic carbocycles. The summed E-state index contributed by atoms with van der Waals surface area (Å²) in [4.78, 5) is 12.6. The quantitative estimate of drug-likeness (QED) is 0.373. The van der Waals surface area contributed by atoms with Crippen LogP contribution in [0.3, 0.4) is 0 Å². The van der Waals surface area contributed by atoms with Crippen LogP contribution in [0.25, 0.3) is 0 Å². The molecule has 136 valence electrons. The number of carbonyl (C=O) groups is 1. The molecule has 1 amide bonds. The first-order valence-corrected chi connectivity index (χ1v) is 10.1. The van der Waals surface area contributed by atoms with Crippen LogP contribution >= 0.6 is 11.6 Å². The number of benzene rings is 1. The monoisotopic (exact) mass is 351 g/mol. The van der Waals surface area contributed by atoms with Gasteiger partial charge in [0.15, 0.2) is 0 Å². The zero-order valence-electron chi connectivity index (χ0n) is 15.5. The lowest BCUT2D eigenvalue weighted by Gasteiger charge is -2.17. The minimum Gasteiger partial charge on any atom is -0.326 e. The van der Waals surface area contributed by atoms with Gasteiger partial charge in [-0.05, 0) is 31.0 Å². The van der Waals surface area contributed by atoms with Gasteiger partial charge in [0, 0.05) is 16.6 Å². The van der Waals surface area contributed by atoms with Gasteiger partial charge in [-0.2, -0.15) is 0 Å². The number of hydrogen-bond donors (Lipinski definition) is 1. The molecule has 0 aliphatic rings. The van der Waals surface area contributed by atoms with Gasteiger partial charge in [-0.3, -0.25) is 4.79 Å². The first-order chi connectivity index (χ1) is 11.7. The van der Waals surface area contributed by atoms with E-state index in [1.807, 2.05) is 24.3 Å². The molecule has 1 aromatic rings. The molecule has 1 unspecified atom stereocenters. The summed E-state index contributed by atoms with van der Waals surface area (Å²) < 4.78 is 0. The number of anilines is 1. The third kappa shape index (κ3) is 9.32. The maximum absolute atomic E-state index is 12.6. The van der Waals surface area contributed by atoms with Crippen LogP contribution in [0.1, 0.15) is 84.5 Å². The number of halogens is 1. The molecule has 0 spiro atoms. The van der Waals surface area contributed by atoms with E-state index in [9.17, 15) is 4.79 Å². The van der Waals surface area contributed by atoms with Crippen LogP contribution in [0.4, 0.5) is 5.69 Å². The Bertz CT molecular complexity index is 461. The number of rotatable bonds is 13. The SMILES string of the molecule is CCCCCCCCCC(CCCC)C(=O)Nc1cccc(Cl)c1. The summed E-state index contributed by atoms with van der Waals surface area (Å²) >= 11 is 5.99. The van der Waals surface area contributed by atoms with Gasteiger partial charge in [-0.15, -0.1) is 0 Å². The van der Waals surface area contributed by atoms with E-state index < -0.39 is 0 Å². The number of amides is 1. The lowest BCUT2D eigenvalue weighted by atomic mass is 9.94. The Morgan fingerprint density at radius 3 is 2.25 bits per heavy atom. The van der Waals surface area contributed by atoms with Crippen molar-refractivity contribution >= 4 is 23.2 Å². The van der Waals surface area contributed by atoms with Crippen LogP contribution in [0, 0.1) is 5.92 Å². The summed E-state index contributed by atoms with van der Waals surface area (Å²) in [5, 5.41) is 3.69. The Morgan fingerprint density at radius 2 is 1.58 bits per heavy atom. The highest BCUT2D eigenvalue weighted by Gasteiger charge is 2.17. The third-order valence-electron chi connectivity index (χ3n) is 4.53. The summed E-state index contributed by atoms with van der Waals surface area (Å²) in [5.74, 6) is 0.274. The molecule has 1 rings (SSSR count). The average Bonchev–Trinajstić information content (AvgIpc) is 2.56. The van der Waals surface area contributed by atoms with Crippen molar-refractivity contribution in [3.63, 3.8) is 0 Å². The molecule has 0 aliphatic carbocycles. The Labute approximate surface area is 153 Å². The van der Waals surface area contributed by atoms with Crippen LogP contribution in [-0.2, 0) is 4.79 Å².